The zero-order valence-corrected chi connectivity index (χ0v) is 32.8. The molecule has 6 heterocycles. The van der Waals surface area contributed by atoms with Crippen molar-refractivity contribution < 1.29 is 28.5 Å². The monoisotopic (exact) mass is 777 g/mol. The third kappa shape index (κ3) is 6.27. The molecule has 2 saturated heterocycles. The van der Waals surface area contributed by atoms with Crippen molar-refractivity contribution in [3.63, 3.8) is 0 Å². The van der Waals surface area contributed by atoms with E-state index in [9.17, 15) is 9.90 Å². The summed E-state index contributed by atoms with van der Waals surface area (Å²) in [5.41, 5.74) is 4.90. The maximum absolute atomic E-state index is 17.6. The van der Waals surface area contributed by atoms with Gasteiger partial charge in [-0.3, -0.25) is 4.90 Å². The Balaban J connectivity index is 1.20. The minimum atomic E-state index is -0.931. The van der Waals surface area contributed by atoms with Crippen molar-refractivity contribution in [2.75, 3.05) is 36.8 Å². The van der Waals surface area contributed by atoms with Crippen LogP contribution in [-0.4, -0.2) is 87.3 Å². The summed E-state index contributed by atoms with van der Waals surface area (Å²) in [6.07, 6.45) is 3.90. The van der Waals surface area contributed by atoms with Gasteiger partial charge in [-0.25, -0.2) is 29.1 Å². The number of thioether (sulfide) groups is 1. The van der Waals surface area contributed by atoms with E-state index >= 15 is 4.39 Å². The normalized spacial score (nSPS) is 21.0. The number of hydrogen-bond acceptors (Lipinski definition) is 11. The van der Waals surface area contributed by atoms with Crippen molar-refractivity contribution in [1.82, 2.24) is 24.8 Å². The molecule has 4 unspecified atom stereocenters. The Kier molecular flexibility index (Phi) is 9.26. The smallest absolute Gasteiger partial charge is 0.407 e. The molecule has 290 valence electrons. The number of halogens is 1. The standard InChI is InChI=1S/C42H44FN7O5S/c1-22-33(26-10-11-26)30(18-32(44-22)48(19-24-6-13-28(53-3)14-7-24)20-25-8-15-29(54-4)16-9-25)36-35(43)37-34-39(47-41(46-37)56-5)49-21-27-12-17-31(50(27)42(51)52)38(49)23(2)55-40(34)45-36/h6-9,13-16,18,23,26-27,31,38H,10-12,17,19-21H2,1-5H3,(H,51,52). The SMILES string of the molecule is COc1ccc(CN(Cc2ccc(OC)cc2)c2cc(-c3nc4c5c(nc(SC)nc5c3F)N3CC5CCC(C3C(C)O4)N5C(=O)O)c(C3CC3)c(C)n2)cc1. The minimum Gasteiger partial charge on any atom is -0.497 e. The topological polar surface area (TPSA) is 126 Å². The molecule has 4 atom stereocenters. The van der Waals surface area contributed by atoms with Gasteiger partial charge in [-0.05, 0) is 98.7 Å². The molecule has 3 fully saturated rings. The second-order valence-corrected chi connectivity index (χ2v) is 15.9. The quantitative estimate of drug-likeness (QED) is 0.110. The number of rotatable bonds is 10. The van der Waals surface area contributed by atoms with E-state index in [1.54, 1.807) is 19.1 Å². The lowest BCUT2D eigenvalue weighted by Gasteiger charge is -2.47. The number of amides is 1. The predicted octanol–water partition coefficient (Wildman–Crippen LogP) is 7.84. The Morgan fingerprint density at radius 2 is 1.62 bits per heavy atom. The third-order valence-electron chi connectivity index (χ3n) is 11.7. The van der Waals surface area contributed by atoms with Gasteiger partial charge in [-0.1, -0.05) is 36.0 Å². The zero-order chi connectivity index (χ0) is 38.8. The molecule has 9 rings (SSSR count). The Hall–Kier alpha value is -5.37. The largest absolute Gasteiger partial charge is 0.497 e. The van der Waals surface area contributed by atoms with E-state index in [4.69, 9.17) is 34.1 Å². The summed E-state index contributed by atoms with van der Waals surface area (Å²) in [7, 11) is 3.30. The number of pyridine rings is 2. The van der Waals surface area contributed by atoms with Crippen molar-refractivity contribution in [1.29, 1.82) is 0 Å². The number of ether oxygens (including phenoxy) is 3. The lowest BCUT2D eigenvalue weighted by Crippen LogP contribution is -2.64. The van der Waals surface area contributed by atoms with Crippen LogP contribution in [0.1, 0.15) is 60.9 Å². The maximum atomic E-state index is 17.6. The number of anilines is 2. The number of methoxy groups -OCH3 is 2. The molecule has 3 aliphatic heterocycles. The van der Waals surface area contributed by atoms with Gasteiger partial charge in [0.2, 0.25) is 5.88 Å². The third-order valence-corrected chi connectivity index (χ3v) is 12.3. The van der Waals surface area contributed by atoms with Crippen LogP contribution in [-0.2, 0) is 13.1 Å². The van der Waals surface area contributed by atoms with E-state index in [1.165, 1.54) is 11.8 Å². The molecule has 14 heteroatoms. The number of carbonyl (C=O) groups is 1. The molecule has 12 nitrogen and oxygen atoms in total. The molecule has 1 N–H and O–H groups in total. The minimum absolute atomic E-state index is 0.145. The van der Waals surface area contributed by atoms with Crippen molar-refractivity contribution in [2.45, 2.75) is 87.9 Å². The van der Waals surface area contributed by atoms with Gasteiger partial charge in [0.05, 0.1) is 32.3 Å². The van der Waals surface area contributed by atoms with Gasteiger partial charge in [0.1, 0.15) is 45.8 Å². The average molecular weight is 778 g/mol. The Labute approximate surface area is 329 Å². The fraction of sp³-hybridized carbons (Fsp3) is 0.405. The van der Waals surface area contributed by atoms with E-state index in [-0.39, 0.29) is 41.1 Å². The lowest BCUT2D eigenvalue weighted by atomic mass is 9.97. The Morgan fingerprint density at radius 1 is 0.964 bits per heavy atom. The number of carboxylic acid groups (broad SMARTS) is 1. The summed E-state index contributed by atoms with van der Waals surface area (Å²) >= 11 is 1.34. The molecular formula is C42H44FN7O5S. The molecular weight excluding hydrogens is 734 g/mol. The molecule has 2 bridgehead atoms. The summed E-state index contributed by atoms with van der Waals surface area (Å²) in [4.78, 5) is 38.3. The van der Waals surface area contributed by atoms with E-state index in [1.807, 2.05) is 74.7 Å². The number of nitrogens with zero attached hydrogens (tertiary/aromatic N) is 7. The van der Waals surface area contributed by atoms with Crippen molar-refractivity contribution in [3.8, 4) is 28.6 Å². The van der Waals surface area contributed by atoms with Crippen molar-refractivity contribution in [3.05, 3.63) is 82.8 Å². The number of aryl methyl sites for hydroxylation is 1. The fourth-order valence-corrected chi connectivity index (χ4v) is 9.38. The molecule has 1 saturated carbocycles. The maximum Gasteiger partial charge on any atom is 0.407 e. The molecule has 1 amide bonds. The molecule has 0 radical (unpaired) electrons. The van der Waals surface area contributed by atoms with Gasteiger partial charge < -0.3 is 29.1 Å². The van der Waals surface area contributed by atoms with Crippen LogP contribution in [0.25, 0.3) is 22.2 Å². The number of fused-ring (bicyclic) bond motifs is 5. The van der Waals surface area contributed by atoms with Crippen LogP contribution in [0.2, 0.25) is 0 Å². The summed E-state index contributed by atoms with van der Waals surface area (Å²) in [6.45, 7) is 5.44. The summed E-state index contributed by atoms with van der Waals surface area (Å²) < 4.78 is 35.1. The molecule has 56 heavy (non-hydrogen) atoms. The fourth-order valence-electron chi connectivity index (χ4n) is 9.02. The highest BCUT2D eigenvalue weighted by Gasteiger charge is 2.53. The highest BCUT2D eigenvalue weighted by molar-refractivity contribution is 7.98. The van der Waals surface area contributed by atoms with Gasteiger partial charge in [0.15, 0.2) is 11.0 Å². The van der Waals surface area contributed by atoms with E-state index in [2.05, 4.69) is 9.80 Å². The molecule has 5 aromatic rings. The van der Waals surface area contributed by atoms with Crippen LogP contribution in [0, 0.1) is 12.7 Å². The van der Waals surface area contributed by atoms with Gasteiger partial charge in [0, 0.05) is 30.9 Å². The van der Waals surface area contributed by atoms with Crippen LogP contribution in [0.15, 0.2) is 59.8 Å². The van der Waals surface area contributed by atoms with E-state index in [0.717, 1.165) is 53.1 Å². The molecule has 3 aromatic heterocycles. The van der Waals surface area contributed by atoms with Crippen molar-refractivity contribution in [2.24, 2.45) is 0 Å². The first-order valence-electron chi connectivity index (χ1n) is 19.1. The van der Waals surface area contributed by atoms with Gasteiger partial charge in [-0.15, -0.1) is 0 Å². The Bertz CT molecular complexity index is 2280. The van der Waals surface area contributed by atoms with Crippen LogP contribution in [0.5, 0.6) is 17.4 Å². The molecule has 2 aromatic carbocycles. The first-order valence-corrected chi connectivity index (χ1v) is 20.3. The lowest BCUT2D eigenvalue weighted by molar-refractivity contribution is 0.0707. The number of piperazine rings is 1. The van der Waals surface area contributed by atoms with Crippen LogP contribution >= 0.6 is 11.8 Å². The summed E-state index contributed by atoms with van der Waals surface area (Å²) in [6, 6.07) is 17.1. The van der Waals surface area contributed by atoms with Gasteiger partial charge in [-0.2, -0.15) is 0 Å². The number of hydrogen-bond donors (Lipinski definition) is 1. The average Bonchev–Trinajstić information content (AvgIpc) is 4.01. The number of benzene rings is 2. The van der Waals surface area contributed by atoms with Crippen LogP contribution in [0.4, 0.5) is 20.8 Å². The number of aromatic nitrogens is 4. The van der Waals surface area contributed by atoms with Crippen LogP contribution in [0.3, 0.4) is 0 Å². The molecule has 0 spiro atoms. The molecule has 1 aliphatic carbocycles. The van der Waals surface area contributed by atoms with E-state index in [0.29, 0.717) is 53.8 Å². The highest BCUT2D eigenvalue weighted by Crippen LogP contribution is 2.50. The summed E-state index contributed by atoms with van der Waals surface area (Å²) in [5.74, 6) is 2.72. The van der Waals surface area contributed by atoms with E-state index < -0.39 is 18.0 Å². The Morgan fingerprint density at radius 3 is 2.21 bits per heavy atom. The van der Waals surface area contributed by atoms with Gasteiger partial charge >= 0.3 is 6.09 Å². The first kappa shape index (κ1) is 36.3. The van der Waals surface area contributed by atoms with Gasteiger partial charge in [0.25, 0.3) is 0 Å². The first-order chi connectivity index (χ1) is 27.1. The predicted molar refractivity (Wildman–Crippen MR) is 213 cm³/mol. The highest BCUT2D eigenvalue weighted by atomic mass is 32.2. The van der Waals surface area contributed by atoms with Crippen LogP contribution < -0.4 is 24.0 Å². The zero-order valence-electron chi connectivity index (χ0n) is 32.0. The summed E-state index contributed by atoms with van der Waals surface area (Å²) in [5, 5.41) is 11.0. The second-order valence-electron chi connectivity index (χ2n) is 15.1. The second kappa shape index (κ2) is 14.3. The van der Waals surface area contributed by atoms with Crippen molar-refractivity contribution >= 4 is 40.4 Å². The molecule has 4 aliphatic rings.